The highest BCUT2D eigenvalue weighted by atomic mass is 16.1. The molecule has 0 heterocycles. The number of hydrogen-bond acceptors (Lipinski definition) is 3. The van der Waals surface area contributed by atoms with E-state index in [1.54, 1.807) is 7.05 Å². The van der Waals surface area contributed by atoms with Crippen molar-refractivity contribution in [2.75, 3.05) is 27.2 Å². The molecule has 0 aliphatic heterocycles. The topological polar surface area (TPSA) is 58.4 Å². The summed E-state index contributed by atoms with van der Waals surface area (Å²) < 4.78 is 0. The van der Waals surface area contributed by atoms with Crippen molar-refractivity contribution < 1.29 is 4.79 Å². The first-order valence-electron chi connectivity index (χ1n) is 4.77. The highest BCUT2D eigenvalue weighted by Crippen LogP contribution is 1.93. The van der Waals surface area contributed by atoms with Crippen molar-refractivity contribution in [2.24, 2.45) is 5.73 Å². The number of hydrogen-bond donors (Lipinski definition) is 2. The molecule has 0 fully saturated rings. The molecule has 0 bridgehead atoms. The van der Waals surface area contributed by atoms with Crippen LogP contribution in [0.2, 0.25) is 0 Å². The largest absolute Gasteiger partial charge is 0.368 e. The van der Waals surface area contributed by atoms with E-state index in [-0.39, 0.29) is 11.9 Å². The quantitative estimate of drug-likeness (QED) is 0.580. The monoisotopic (exact) mass is 187 g/mol. The van der Waals surface area contributed by atoms with Gasteiger partial charge in [-0.15, -0.1) is 0 Å². The van der Waals surface area contributed by atoms with Gasteiger partial charge >= 0.3 is 0 Å². The van der Waals surface area contributed by atoms with E-state index >= 15 is 0 Å². The molecule has 0 aliphatic carbocycles. The molecule has 0 aromatic rings. The zero-order valence-electron chi connectivity index (χ0n) is 8.84. The third kappa shape index (κ3) is 5.60. The van der Waals surface area contributed by atoms with Crippen LogP contribution in [0, 0.1) is 0 Å². The molecule has 1 amide bonds. The minimum atomic E-state index is -0.286. The highest BCUT2D eigenvalue weighted by molar-refractivity contribution is 5.80. The van der Waals surface area contributed by atoms with Gasteiger partial charge in [-0.25, -0.2) is 0 Å². The van der Waals surface area contributed by atoms with E-state index in [0.29, 0.717) is 6.54 Å². The van der Waals surface area contributed by atoms with Gasteiger partial charge in [0.2, 0.25) is 5.91 Å². The summed E-state index contributed by atoms with van der Waals surface area (Å²) in [6.07, 6.45) is 2.33. The van der Waals surface area contributed by atoms with E-state index < -0.39 is 0 Å². The Kier molecular flexibility index (Phi) is 6.54. The van der Waals surface area contributed by atoms with Crippen LogP contribution >= 0.6 is 0 Å². The average Bonchev–Trinajstić information content (AvgIpc) is 2.10. The van der Waals surface area contributed by atoms with Gasteiger partial charge in [0.25, 0.3) is 0 Å². The number of nitrogens with two attached hydrogens (primary N) is 1. The molecule has 0 aromatic carbocycles. The first-order chi connectivity index (χ1) is 6.11. The summed E-state index contributed by atoms with van der Waals surface area (Å²) in [5.41, 5.74) is 5.20. The fourth-order valence-electron chi connectivity index (χ4n) is 1.15. The average molecular weight is 187 g/mol. The van der Waals surface area contributed by atoms with Crippen LogP contribution in [0.5, 0.6) is 0 Å². The molecule has 0 rings (SSSR count). The van der Waals surface area contributed by atoms with Crippen LogP contribution in [-0.2, 0) is 4.79 Å². The smallest absolute Gasteiger partial charge is 0.235 e. The van der Waals surface area contributed by atoms with Crippen LogP contribution in [-0.4, -0.2) is 44.0 Å². The van der Waals surface area contributed by atoms with Crippen LogP contribution in [0.4, 0.5) is 0 Å². The molecular weight excluding hydrogens is 166 g/mol. The van der Waals surface area contributed by atoms with Crippen molar-refractivity contribution in [2.45, 2.75) is 25.8 Å². The van der Waals surface area contributed by atoms with Gasteiger partial charge in [0.15, 0.2) is 0 Å². The van der Waals surface area contributed by atoms with E-state index in [0.717, 1.165) is 13.0 Å². The Morgan fingerprint density at radius 1 is 1.62 bits per heavy atom. The van der Waals surface area contributed by atoms with Gasteiger partial charge in [-0.2, -0.15) is 0 Å². The molecule has 4 nitrogen and oxygen atoms in total. The van der Waals surface area contributed by atoms with Gasteiger partial charge in [-0.3, -0.25) is 4.79 Å². The third-order valence-corrected chi connectivity index (χ3v) is 2.08. The lowest BCUT2D eigenvalue weighted by Crippen LogP contribution is -2.46. The number of nitrogens with zero attached hydrogens (tertiary/aromatic N) is 1. The van der Waals surface area contributed by atoms with Crippen molar-refractivity contribution in [3.05, 3.63) is 0 Å². The van der Waals surface area contributed by atoms with Gasteiger partial charge in [-0.1, -0.05) is 13.3 Å². The Bertz CT molecular complexity index is 150. The number of likely N-dealkylation sites (N-methyl/N-ethyl adjacent to an activating group) is 2. The number of amides is 1. The molecule has 0 spiro atoms. The first kappa shape index (κ1) is 12.4. The zero-order chi connectivity index (χ0) is 10.3. The lowest BCUT2D eigenvalue weighted by Gasteiger charge is -2.21. The maximum atomic E-state index is 10.9. The van der Waals surface area contributed by atoms with Crippen LogP contribution in [0.3, 0.4) is 0 Å². The van der Waals surface area contributed by atoms with Crippen molar-refractivity contribution in [3.8, 4) is 0 Å². The fourth-order valence-corrected chi connectivity index (χ4v) is 1.15. The Morgan fingerprint density at radius 3 is 2.62 bits per heavy atom. The van der Waals surface area contributed by atoms with Crippen molar-refractivity contribution in [1.82, 2.24) is 10.2 Å². The molecule has 3 N–H and O–H groups in total. The molecule has 0 saturated heterocycles. The van der Waals surface area contributed by atoms with E-state index in [4.69, 9.17) is 5.73 Å². The summed E-state index contributed by atoms with van der Waals surface area (Å²) in [7, 11) is 3.76. The maximum Gasteiger partial charge on any atom is 0.235 e. The van der Waals surface area contributed by atoms with E-state index in [1.807, 2.05) is 7.05 Å². The molecule has 0 radical (unpaired) electrons. The zero-order valence-corrected chi connectivity index (χ0v) is 8.84. The normalized spacial score (nSPS) is 13.2. The van der Waals surface area contributed by atoms with Gasteiger partial charge in [0.1, 0.15) is 0 Å². The molecular formula is C9H21N3O. The number of nitrogens with one attached hydrogen (secondary N) is 1. The molecule has 0 aromatic heterocycles. The first-order valence-corrected chi connectivity index (χ1v) is 4.77. The second-order valence-electron chi connectivity index (χ2n) is 3.36. The van der Waals surface area contributed by atoms with Gasteiger partial charge in [0.05, 0.1) is 6.04 Å². The van der Waals surface area contributed by atoms with Crippen LogP contribution in [0.25, 0.3) is 0 Å². The van der Waals surface area contributed by atoms with Crippen LogP contribution in [0.15, 0.2) is 0 Å². The van der Waals surface area contributed by atoms with Crippen LogP contribution < -0.4 is 11.1 Å². The Hall–Kier alpha value is -0.610. The van der Waals surface area contributed by atoms with Gasteiger partial charge in [0, 0.05) is 6.54 Å². The Morgan fingerprint density at radius 2 is 2.23 bits per heavy atom. The fraction of sp³-hybridized carbons (Fsp3) is 0.889. The maximum absolute atomic E-state index is 10.9. The SMILES string of the molecule is CCCCN(C)CC(NC)C(N)=O. The molecule has 0 aliphatic rings. The lowest BCUT2D eigenvalue weighted by molar-refractivity contribution is -0.120. The van der Waals surface area contributed by atoms with Gasteiger partial charge in [-0.05, 0) is 27.1 Å². The standard InChI is InChI=1S/C9H21N3O/c1-4-5-6-12(3)7-8(11-2)9(10)13/h8,11H,4-7H2,1-3H3,(H2,10,13). The second-order valence-corrected chi connectivity index (χ2v) is 3.36. The molecule has 1 unspecified atom stereocenters. The van der Waals surface area contributed by atoms with Crippen molar-refractivity contribution in [1.29, 1.82) is 0 Å². The summed E-state index contributed by atoms with van der Waals surface area (Å²) in [5, 5.41) is 2.89. The number of unbranched alkanes of at least 4 members (excludes halogenated alkanes) is 1. The van der Waals surface area contributed by atoms with Crippen molar-refractivity contribution >= 4 is 5.91 Å². The summed E-state index contributed by atoms with van der Waals surface area (Å²) in [6, 6.07) is -0.234. The summed E-state index contributed by atoms with van der Waals surface area (Å²) in [5.74, 6) is -0.286. The highest BCUT2D eigenvalue weighted by Gasteiger charge is 2.14. The summed E-state index contributed by atoms with van der Waals surface area (Å²) in [4.78, 5) is 13.0. The number of primary amides is 1. The van der Waals surface area contributed by atoms with Crippen molar-refractivity contribution in [3.63, 3.8) is 0 Å². The lowest BCUT2D eigenvalue weighted by atomic mass is 10.2. The number of carbonyl (C=O) groups is 1. The molecule has 13 heavy (non-hydrogen) atoms. The summed E-state index contributed by atoms with van der Waals surface area (Å²) in [6.45, 7) is 3.85. The molecule has 78 valence electrons. The minimum absolute atomic E-state index is 0.234. The molecule has 1 atom stereocenters. The predicted octanol–water partition coefficient (Wildman–Crippen LogP) is -0.208. The summed E-state index contributed by atoms with van der Waals surface area (Å²) >= 11 is 0. The van der Waals surface area contributed by atoms with E-state index in [1.165, 1.54) is 6.42 Å². The minimum Gasteiger partial charge on any atom is -0.368 e. The van der Waals surface area contributed by atoms with Crippen LogP contribution in [0.1, 0.15) is 19.8 Å². The predicted molar refractivity (Wildman–Crippen MR) is 54.4 cm³/mol. The number of rotatable bonds is 7. The van der Waals surface area contributed by atoms with E-state index in [9.17, 15) is 4.79 Å². The van der Waals surface area contributed by atoms with Gasteiger partial charge < -0.3 is 16.0 Å². The Labute approximate surface area is 80.5 Å². The number of carbonyl (C=O) groups excluding carboxylic acids is 1. The third-order valence-electron chi connectivity index (χ3n) is 2.08. The van der Waals surface area contributed by atoms with E-state index in [2.05, 4.69) is 17.1 Å². The Balaban J connectivity index is 3.73. The molecule has 0 saturated carbocycles. The second kappa shape index (κ2) is 6.86. The molecule has 4 heteroatoms.